The van der Waals surface area contributed by atoms with Gasteiger partial charge in [0.25, 0.3) is 0 Å². The third-order valence-corrected chi connectivity index (χ3v) is 5.46. The highest BCUT2D eigenvalue weighted by Crippen LogP contribution is 2.34. The first-order valence-corrected chi connectivity index (χ1v) is 9.43. The number of hydrogen-bond donors (Lipinski definition) is 1. The number of anilines is 1. The number of carbonyl (C=O) groups is 1. The van der Waals surface area contributed by atoms with E-state index < -0.39 is 0 Å². The molecule has 1 aliphatic carbocycles. The van der Waals surface area contributed by atoms with Gasteiger partial charge in [0, 0.05) is 19.6 Å². The second kappa shape index (κ2) is 7.16. The van der Waals surface area contributed by atoms with Gasteiger partial charge in [-0.1, -0.05) is 24.3 Å². The molecule has 136 valence electrons. The summed E-state index contributed by atoms with van der Waals surface area (Å²) in [4.78, 5) is 22.0. The fourth-order valence-corrected chi connectivity index (χ4v) is 4.13. The van der Waals surface area contributed by atoms with Gasteiger partial charge >= 0.3 is 0 Å². The highest BCUT2D eigenvalue weighted by atomic mass is 16.5. The van der Waals surface area contributed by atoms with E-state index in [4.69, 9.17) is 9.72 Å². The largest absolute Gasteiger partial charge is 0.376 e. The fourth-order valence-electron chi connectivity index (χ4n) is 4.13. The number of ether oxygens (including phenoxy) is 1. The molecule has 2 aliphatic rings. The van der Waals surface area contributed by atoms with Crippen molar-refractivity contribution in [1.82, 2.24) is 9.97 Å². The molecule has 2 unspecified atom stereocenters. The summed E-state index contributed by atoms with van der Waals surface area (Å²) in [7, 11) is 0. The van der Waals surface area contributed by atoms with E-state index in [9.17, 15) is 4.79 Å². The first-order valence-electron chi connectivity index (χ1n) is 9.43. The van der Waals surface area contributed by atoms with Crippen molar-refractivity contribution in [3.8, 4) is 0 Å². The van der Waals surface area contributed by atoms with Gasteiger partial charge in [-0.05, 0) is 50.2 Å². The lowest BCUT2D eigenvalue weighted by atomic mass is 9.80. The van der Waals surface area contributed by atoms with Gasteiger partial charge < -0.3 is 10.1 Å². The zero-order chi connectivity index (χ0) is 18.1. The number of hydrogen-bond acceptors (Lipinski definition) is 5. The Bertz CT molecular complexity index is 828. The van der Waals surface area contributed by atoms with Crippen molar-refractivity contribution >= 4 is 11.7 Å². The van der Waals surface area contributed by atoms with Crippen molar-refractivity contribution in [2.75, 3.05) is 18.5 Å². The maximum Gasteiger partial charge on any atom is 0.223 e. The number of Topliss-reactive ketones (excluding diaryl/α,β-unsaturated/α-hetero) is 1. The minimum absolute atomic E-state index is 0.155. The lowest BCUT2D eigenvalue weighted by Gasteiger charge is -2.26. The van der Waals surface area contributed by atoms with Crippen LogP contribution in [0, 0.1) is 13.8 Å². The number of rotatable bonds is 4. The van der Waals surface area contributed by atoms with Gasteiger partial charge in [-0.3, -0.25) is 4.79 Å². The molecule has 0 radical (unpaired) electrons. The summed E-state index contributed by atoms with van der Waals surface area (Å²) in [6.45, 7) is 5.56. The number of benzene rings is 1. The van der Waals surface area contributed by atoms with Crippen LogP contribution in [0.1, 0.15) is 58.1 Å². The summed E-state index contributed by atoms with van der Waals surface area (Å²) < 4.78 is 5.65. The minimum Gasteiger partial charge on any atom is -0.376 e. The zero-order valence-electron chi connectivity index (χ0n) is 15.4. The van der Waals surface area contributed by atoms with E-state index in [2.05, 4.69) is 29.4 Å². The fraction of sp³-hybridized carbons (Fsp3) is 0.476. The third kappa shape index (κ3) is 3.36. The van der Waals surface area contributed by atoms with E-state index in [1.165, 1.54) is 11.1 Å². The monoisotopic (exact) mass is 351 g/mol. The molecule has 4 rings (SSSR count). The Balaban J connectivity index is 1.58. The average molecular weight is 351 g/mol. The van der Waals surface area contributed by atoms with Crippen molar-refractivity contribution in [2.24, 2.45) is 0 Å². The Morgan fingerprint density at radius 3 is 2.81 bits per heavy atom. The van der Waals surface area contributed by atoms with Gasteiger partial charge in [-0.2, -0.15) is 0 Å². The lowest BCUT2D eigenvalue weighted by Crippen LogP contribution is -2.25. The number of fused-ring (bicyclic) bond motifs is 1. The number of ketones is 1. The van der Waals surface area contributed by atoms with Crippen molar-refractivity contribution in [3.63, 3.8) is 0 Å². The molecular weight excluding hydrogens is 326 g/mol. The molecule has 1 N–H and O–H groups in total. The SMILES string of the molecule is Cc1ccccc1C1CC(=O)c2c(C)nc(NCC3CCCO3)nc2C1. The Morgan fingerprint density at radius 2 is 2.04 bits per heavy atom. The summed E-state index contributed by atoms with van der Waals surface area (Å²) in [5.41, 5.74) is 4.85. The molecule has 2 aromatic rings. The topological polar surface area (TPSA) is 64.1 Å². The predicted octanol–water partition coefficient (Wildman–Crippen LogP) is 3.60. The van der Waals surface area contributed by atoms with Crippen LogP contribution >= 0.6 is 0 Å². The zero-order valence-corrected chi connectivity index (χ0v) is 15.4. The summed E-state index contributed by atoms with van der Waals surface area (Å²) in [6, 6.07) is 8.32. The van der Waals surface area contributed by atoms with Gasteiger partial charge in [-0.25, -0.2) is 9.97 Å². The Labute approximate surface area is 154 Å². The molecule has 2 heterocycles. The molecular formula is C21H25N3O2. The predicted molar refractivity (Wildman–Crippen MR) is 101 cm³/mol. The number of nitrogens with one attached hydrogen (secondary N) is 1. The smallest absolute Gasteiger partial charge is 0.223 e. The molecule has 0 saturated carbocycles. The highest BCUT2D eigenvalue weighted by molar-refractivity contribution is 5.99. The van der Waals surface area contributed by atoms with E-state index in [1.54, 1.807) is 0 Å². The molecule has 1 fully saturated rings. The van der Waals surface area contributed by atoms with Crippen LogP contribution in [0.2, 0.25) is 0 Å². The van der Waals surface area contributed by atoms with Crippen molar-refractivity contribution < 1.29 is 9.53 Å². The van der Waals surface area contributed by atoms with E-state index in [1.807, 2.05) is 19.1 Å². The van der Waals surface area contributed by atoms with Crippen LogP contribution < -0.4 is 5.32 Å². The van der Waals surface area contributed by atoms with Crippen LogP contribution in [0.25, 0.3) is 0 Å². The van der Waals surface area contributed by atoms with Gasteiger partial charge in [0.2, 0.25) is 5.95 Å². The lowest BCUT2D eigenvalue weighted by molar-refractivity contribution is 0.0961. The quantitative estimate of drug-likeness (QED) is 0.912. The van der Waals surface area contributed by atoms with Crippen LogP contribution in [-0.4, -0.2) is 35.0 Å². The van der Waals surface area contributed by atoms with Crippen LogP contribution in [0.5, 0.6) is 0 Å². The summed E-state index contributed by atoms with van der Waals surface area (Å²) in [5, 5.41) is 3.30. The highest BCUT2D eigenvalue weighted by Gasteiger charge is 2.30. The Hall–Kier alpha value is -2.27. The molecule has 1 aliphatic heterocycles. The molecule has 5 nitrogen and oxygen atoms in total. The maximum absolute atomic E-state index is 12.8. The molecule has 2 atom stereocenters. The summed E-state index contributed by atoms with van der Waals surface area (Å²) >= 11 is 0. The van der Waals surface area contributed by atoms with Crippen molar-refractivity contribution in [1.29, 1.82) is 0 Å². The van der Waals surface area contributed by atoms with E-state index in [0.29, 0.717) is 18.9 Å². The van der Waals surface area contributed by atoms with Gasteiger partial charge in [0.1, 0.15) is 0 Å². The van der Waals surface area contributed by atoms with E-state index in [-0.39, 0.29) is 17.8 Å². The third-order valence-electron chi connectivity index (χ3n) is 5.46. The molecule has 1 aromatic heterocycles. The van der Waals surface area contributed by atoms with Crippen LogP contribution in [0.15, 0.2) is 24.3 Å². The number of aromatic nitrogens is 2. The Morgan fingerprint density at radius 1 is 1.19 bits per heavy atom. The first-order chi connectivity index (χ1) is 12.6. The normalized spacial score (nSPS) is 22.3. The minimum atomic E-state index is 0.155. The number of nitrogens with zero attached hydrogens (tertiary/aromatic N) is 2. The molecule has 0 spiro atoms. The first kappa shape index (κ1) is 17.2. The molecule has 1 saturated heterocycles. The van der Waals surface area contributed by atoms with Gasteiger partial charge in [0.05, 0.1) is 23.1 Å². The summed E-state index contributed by atoms with van der Waals surface area (Å²) in [6.07, 6.45) is 3.74. The van der Waals surface area contributed by atoms with E-state index >= 15 is 0 Å². The van der Waals surface area contributed by atoms with Crippen LogP contribution in [0.3, 0.4) is 0 Å². The second-order valence-electron chi connectivity index (χ2n) is 7.36. The Kier molecular flexibility index (Phi) is 4.72. The molecule has 5 heteroatoms. The van der Waals surface area contributed by atoms with Crippen molar-refractivity contribution in [3.05, 3.63) is 52.3 Å². The summed E-state index contributed by atoms with van der Waals surface area (Å²) in [5.74, 6) is 0.953. The second-order valence-corrected chi connectivity index (χ2v) is 7.36. The van der Waals surface area contributed by atoms with E-state index in [0.717, 1.165) is 42.8 Å². The molecule has 26 heavy (non-hydrogen) atoms. The molecule has 1 aromatic carbocycles. The van der Waals surface area contributed by atoms with Crippen LogP contribution in [-0.2, 0) is 11.2 Å². The number of aryl methyl sites for hydroxylation is 2. The molecule has 0 amide bonds. The van der Waals surface area contributed by atoms with Gasteiger partial charge in [-0.15, -0.1) is 0 Å². The number of carbonyl (C=O) groups excluding carboxylic acids is 1. The van der Waals surface area contributed by atoms with Crippen LogP contribution in [0.4, 0.5) is 5.95 Å². The maximum atomic E-state index is 12.8. The molecule has 0 bridgehead atoms. The average Bonchev–Trinajstić information content (AvgIpc) is 3.13. The van der Waals surface area contributed by atoms with Crippen molar-refractivity contribution in [2.45, 2.75) is 51.6 Å². The standard InChI is InChI=1S/C21H25N3O2/c1-13-6-3-4-8-17(13)15-10-18-20(19(25)11-15)14(2)23-21(24-18)22-12-16-7-5-9-26-16/h3-4,6,8,15-16H,5,7,9-12H2,1-2H3,(H,22,23,24). The van der Waals surface area contributed by atoms with Gasteiger partial charge in [0.15, 0.2) is 5.78 Å².